The van der Waals surface area contributed by atoms with Crippen LogP contribution in [-0.4, -0.2) is 23.4 Å². The van der Waals surface area contributed by atoms with Crippen molar-refractivity contribution >= 4 is 39.9 Å². The van der Waals surface area contributed by atoms with Gasteiger partial charge in [-0.05, 0) is 60.7 Å². The van der Waals surface area contributed by atoms with Gasteiger partial charge in [0.15, 0.2) is 11.5 Å². The maximum absolute atomic E-state index is 13.3. The number of nitrogens with zero attached hydrogens (tertiary/aromatic N) is 1. The van der Waals surface area contributed by atoms with Gasteiger partial charge in [-0.1, -0.05) is 11.6 Å². The van der Waals surface area contributed by atoms with Crippen LogP contribution >= 0.6 is 11.6 Å². The van der Waals surface area contributed by atoms with E-state index >= 15 is 0 Å². The molecule has 176 valence electrons. The average Bonchev–Trinajstić information content (AvgIpc) is 3.33. The fraction of sp³-hybridized carbons (Fsp3) is 0.115. The predicted molar refractivity (Wildman–Crippen MR) is 130 cm³/mol. The second-order valence-electron chi connectivity index (χ2n) is 7.94. The highest BCUT2D eigenvalue weighted by Gasteiger charge is 2.22. The number of ketones is 1. The molecule has 1 aliphatic heterocycles. The Hall–Kier alpha value is -4.14. The van der Waals surface area contributed by atoms with Gasteiger partial charge in [-0.3, -0.25) is 14.4 Å². The van der Waals surface area contributed by atoms with Crippen molar-refractivity contribution in [3.05, 3.63) is 98.8 Å². The third kappa shape index (κ3) is 4.49. The molecule has 0 bridgehead atoms. The molecule has 5 rings (SSSR count). The first kappa shape index (κ1) is 22.6. The molecule has 0 aliphatic carbocycles. The second-order valence-corrected chi connectivity index (χ2v) is 8.37. The number of methoxy groups -OCH3 is 1. The summed E-state index contributed by atoms with van der Waals surface area (Å²) in [5, 5.41) is 3.53. The van der Waals surface area contributed by atoms with E-state index in [-0.39, 0.29) is 30.0 Å². The van der Waals surface area contributed by atoms with Crippen LogP contribution in [0.2, 0.25) is 5.02 Å². The molecule has 35 heavy (non-hydrogen) atoms. The van der Waals surface area contributed by atoms with E-state index in [9.17, 15) is 14.4 Å². The van der Waals surface area contributed by atoms with Crippen LogP contribution in [0.25, 0.3) is 10.9 Å². The van der Waals surface area contributed by atoms with E-state index in [1.54, 1.807) is 66.3 Å². The lowest BCUT2D eigenvalue weighted by Crippen LogP contribution is -2.24. The number of hydrogen-bond acceptors (Lipinski definition) is 6. The first-order valence-electron chi connectivity index (χ1n) is 10.7. The topological polar surface area (TPSA) is 95.9 Å². The highest BCUT2D eigenvalue weighted by molar-refractivity contribution is 6.30. The van der Waals surface area contributed by atoms with Crippen LogP contribution in [-0.2, 0) is 22.8 Å². The molecule has 1 aliphatic rings. The predicted octanol–water partition coefficient (Wildman–Crippen LogP) is 4.36. The lowest BCUT2D eigenvalue weighted by molar-refractivity contribution is -0.194. The largest absolute Gasteiger partial charge is 0.497 e. The fourth-order valence-corrected chi connectivity index (χ4v) is 4.01. The lowest BCUT2D eigenvalue weighted by Gasteiger charge is -2.14. The van der Waals surface area contributed by atoms with Crippen molar-refractivity contribution in [3.63, 3.8) is 0 Å². The maximum Gasteiger partial charge on any atom is 0.244 e. The number of carbonyl (C=O) groups is 2. The lowest BCUT2D eigenvalue weighted by atomic mass is 10.0. The molecule has 0 saturated heterocycles. The Morgan fingerprint density at radius 3 is 2.54 bits per heavy atom. The van der Waals surface area contributed by atoms with Gasteiger partial charge in [-0.15, -0.1) is 0 Å². The average molecular weight is 491 g/mol. The highest BCUT2D eigenvalue weighted by atomic mass is 35.5. The molecule has 0 atom stereocenters. The third-order valence-corrected chi connectivity index (χ3v) is 5.92. The van der Waals surface area contributed by atoms with Crippen molar-refractivity contribution in [2.24, 2.45) is 0 Å². The maximum atomic E-state index is 13.3. The summed E-state index contributed by atoms with van der Waals surface area (Å²) in [5.74, 6) is 0.256. The van der Waals surface area contributed by atoms with Crippen molar-refractivity contribution in [2.75, 3.05) is 12.4 Å². The first-order valence-corrected chi connectivity index (χ1v) is 11.0. The molecule has 0 spiro atoms. The van der Waals surface area contributed by atoms with Crippen LogP contribution < -0.4 is 20.4 Å². The van der Waals surface area contributed by atoms with E-state index in [1.807, 2.05) is 0 Å². The summed E-state index contributed by atoms with van der Waals surface area (Å²) >= 11 is 5.94. The zero-order valence-corrected chi connectivity index (χ0v) is 19.3. The Bertz CT molecular complexity index is 1510. The molecule has 8 nitrogen and oxygen atoms in total. The van der Waals surface area contributed by atoms with Gasteiger partial charge in [-0.25, -0.2) is 0 Å². The summed E-state index contributed by atoms with van der Waals surface area (Å²) in [6, 6.07) is 16.4. The van der Waals surface area contributed by atoms with Crippen LogP contribution in [0.4, 0.5) is 5.69 Å². The summed E-state index contributed by atoms with van der Waals surface area (Å²) in [4.78, 5) is 49.6. The molecule has 0 fully saturated rings. The van der Waals surface area contributed by atoms with Crippen LogP contribution in [0.3, 0.4) is 0 Å². The van der Waals surface area contributed by atoms with Gasteiger partial charge >= 0.3 is 0 Å². The summed E-state index contributed by atoms with van der Waals surface area (Å²) in [6.07, 6.45) is 1.41. The van der Waals surface area contributed by atoms with E-state index in [4.69, 9.17) is 26.1 Å². The van der Waals surface area contributed by atoms with Gasteiger partial charge in [0, 0.05) is 28.0 Å². The summed E-state index contributed by atoms with van der Waals surface area (Å²) < 4.78 is 6.72. The Balaban J connectivity index is 1.56. The molecule has 1 aromatic heterocycles. The molecule has 3 aromatic carbocycles. The van der Waals surface area contributed by atoms with Gasteiger partial charge in [-0.2, -0.15) is 4.89 Å². The molecular weight excluding hydrogens is 472 g/mol. The van der Waals surface area contributed by atoms with E-state index in [0.29, 0.717) is 33.3 Å². The molecule has 0 radical (unpaired) electrons. The van der Waals surface area contributed by atoms with Crippen molar-refractivity contribution in [1.29, 1.82) is 0 Å². The van der Waals surface area contributed by atoms with E-state index in [1.165, 1.54) is 12.3 Å². The second kappa shape index (κ2) is 9.25. The number of halogens is 1. The molecule has 0 saturated carbocycles. The molecular formula is C26H19ClN2O6. The van der Waals surface area contributed by atoms with Gasteiger partial charge in [0.1, 0.15) is 18.9 Å². The van der Waals surface area contributed by atoms with Crippen LogP contribution in [0.5, 0.6) is 11.5 Å². The van der Waals surface area contributed by atoms with E-state index in [0.717, 1.165) is 5.56 Å². The number of hydrogen-bond donors (Lipinski definition) is 1. The standard InChI is InChI=1S/C26H19ClN2O6/c1-33-19-8-6-18(7-9-19)28-24(30)13-29-12-21(25(31)15-2-4-17(27)5-3-15)26(32)20-11-23-16(10-22(20)29)14-34-35-23/h2-12H,13-14H2,1H3,(H,28,30). The number of rotatable bonds is 6. The van der Waals surface area contributed by atoms with Crippen molar-refractivity contribution < 1.29 is 24.1 Å². The Morgan fingerprint density at radius 1 is 1.09 bits per heavy atom. The Kier molecular flexibility index (Phi) is 5.98. The van der Waals surface area contributed by atoms with Crippen LogP contribution in [0.1, 0.15) is 21.5 Å². The third-order valence-electron chi connectivity index (χ3n) is 5.66. The first-order chi connectivity index (χ1) is 16.9. The van der Waals surface area contributed by atoms with Crippen molar-refractivity contribution in [1.82, 2.24) is 4.57 Å². The molecule has 9 heteroatoms. The van der Waals surface area contributed by atoms with E-state index in [2.05, 4.69) is 5.32 Å². The molecule has 1 amide bonds. The van der Waals surface area contributed by atoms with Gasteiger partial charge < -0.3 is 19.5 Å². The minimum absolute atomic E-state index is 0.0732. The van der Waals surface area contributed by atoms with Crippen molar-refractivity contribution in [2.45, 2.75) is 13.2 Å². The SMILES string of the molecule is COc1ccc(NC(=O)Cn2cc(C(=O)c3ccc(Cl)cc3)c(=O)c3cc4c(cc32)COO4)cc1. The monoisotopic (exact) mass is 490 g/mol. The minimum atomic E-state index is -0.476. The number of aromatic nitrogens is 1. The smallest absolute Gasteiger partial charge is 0.244 e. The zero-order valence-electron chi connectivity index (χ0n) is 18.5. The number of carbonyl (C=O) groups excluding carboxylic acids is 2. The van der Waals surface area contributed by atoms with Crippen LogP contribution in [0.15, 0.2) is 71.7 Å². The number of pyridine rings is 1. The van der Waals surface area contributed by atoms with Crippen molar-refractivity contribution in [3.8, 4) is 11.5 Å². The zero-order chi connectivity index (χ0) is 24.5. The fourth-order valence-electron chi connectivity index (χ4n) is 3.89. The molecule has 0 unspecified atom stereocenters. The van der Waals surface area contributed by atoms with Gasteiger partial charge in [0.05, 0.1) is 23.6 Å². The number of nitrogens with one attached hydrogen (secondary N) is 1. The van der Waals surface area contributed by atoms with Gasteiger partial charge in [0.25, 0.3) is 0 Å². The minimum Gasteiger partial charge on any atom is -0.497 e. The normalized spacial score (nSPS) is 12.2. The van der Waals surface area contributed by atoms with E-state index < -0.39 is 11.2 Å². The number of ether oxygens (including phenoxy) is 1. The Labute approximate surface area is 204 Å². The number of benzene rings is 3. The van der Waals surface area contributed by atoms with Crippen LogP contribution in [0, 0.1) is 0 Å². The molecule has 4 aromatic rings. The van der Waals surface area contributed by atoms with Gasteiger partial charge in [0.2, 0.25) is 11.3 Å². The molecule has 2 heterocycles. The molecule has 1 N–H and O–H groups in total. The summed E-state index contributed by atoms with van der Waals surface area (Å²) in [5.41, 5.74) is 1.57. The summed E-state index contributed by atoms with van der Waals surface area (Å²) in [6.45, 7) is 0.0766. The number of anilines is 1. The number of amides is 1. The quantitative estimate of drug-likeness (QED) is 0.319. The summed E-state index contributed by atoms with van der Waals surface area (Å²) in [7, 11) is 1.56. The highest BCUT2D eigenvalue weighted by Crippen LogP contribution is 2.30. The Morgan fingerprint density at radius 2 is 1.83 bits per heavy atom. The number of fused-ring (bicyclic) bond motifs is 2.